The summed E-state index contributed by atoms with van der Waals surface area (Å²) in [6.07, 6.45) is -1.18. The van der Waals surface area contributed by atoms with Gasteiger partial charge in [-0.15, -0.1) is 0 Å². The van der Waals surface area contributed by atoms with E-state index in [0.29, 0.717) is 0 Å². The van der Waals surface area contributed by atoms with Gasteiger partial charge in [0.05, 0.1) is 17.8 Å². The zero-order valence-corrected chi connectivity index (χ0v) is 12.5. The van der Waals surface area contributed by atoms with Gasteiger partial charge in [0, 0.05) is 6.07 Å². The summed E-state index contributed by atoms with van der Waals surface area (Å²) < 4.78 is 10.0. The molecule has 128 valence electrons. The van der Waals surface area contributed by atoms with Crippen LogP contribution in [0.25, 0.3) is 0 Å². The van der Waals surface area contributed by atoms with Gasteiger partial charge < -0.3 is 35.2 Å². The Bertz CT molecular complexity index is 744. The van der Waals surface area contributed by atoms with E-state index in [2.05, 4.69) is 15.8 Å². The van der Waals surface area contributed by atoms with Crippen LogP contribution in [-0.2, 0) is 0 Å². The van der Waals surface area contributed by atoms with Crippen LogP contribution in [0.15, 0.2) is 28.8 Å². The van der Waals surface area contributed by atoms with E-state index in [-0.39, 0.29) is 35.4 Å². The number of nitrogens with one attached hydrogen (secondary N) is 2. The Morgan fingerprint density at radius 1 is 1.33 bits per heavy atom. The van der Waals surface area contributed by atoms with Gasteiger partial charge in [-0.3, -0.25) is 4.79 Å². The van der Waals surface area contributed by atoms with Crippen LogP contribution in [-0.4, -0.2) is 45.1 Å². The van der Waals surface area contributed by atoms with Gasteiger partial charge in [0.15, 0.2) is 0 Å². The predicted octanol–water partition coefficient (Wildman–Crippen LogP) is 1.37. The number of amides is 2. The molecule has 1 atom stereocenters. The number of nitrogens with zero attached hydrogens (tertiary/aromatic N) is 1. The third-order valence-corrected chi connectivity index (χ3v) is 2.79. The van der Waals surface area contributed by atoms with Crippen molar-refractivity contribution in [3.63, 3.8) is 0 Å². The van der Waals surface area contributed by atoms with Gasteiger partial charge in [-0.2, -0.15) is 0 Å². The van der Waals surface area contributed by atoms with E-state index < -0.39 is 18.0 Å². The number of hydrogen-bond acceptors (Lipinski definition) is 7. The average molecular weight is 337 g/mol. The molecule has 5 N–H and O–H groups in total. The van der Waals surface area contributed by atoms with E-state index in [4.69, 9.17) is 14.4 Å². The summed E-state index contributed by atoms with van der Waals surface area (Å²) in [5.41, 5.74) is -0.00171. The average Bonchev–Trinajstić information content (AvgIpc) is 2.97. The lowest BCUT2D eigenvalue weighted by molar-refractivity contribution is 0.0986. The van der Waals surface area contributed by atoms with E-state index >= 15 is 0 Å². The van der Waals surface area contributed by atoms with Crippen LogP contribution in [0.5, 0.6) is 17.4 Å². The zero-order chi connectivity index (χ0) is 17.7. The lowest BCUT2D eigenvalue weighted by Gasteiger charge is -2.10. The summed E-state index contributed by atoms with van der Waals surface area (Å²) in [7, 11) is 0. The molecule has 0 aliphatic carbocycles. The molecule has 0 bridgehead atoms. The maximum absolute atomic E-state index is 12.0. The molecular formula is C14H15N3O7. The monoisotopic (exact) mass is 337 g/mol. The Balaban J connectivity index is 1.95. The molecule has 1 aromatic carbocycles. The zero-order valence-electron chi connectivity index (χ0n) is 12.5. The molecule has 2 rings (SSSR count). The van der Waals surface area contributed by atoms with E-state index in [0.717, 1.165) is 0 Å². The van der Waals surface area contributed by atoms with Crippen molar-refractivity contribution in [2.24, 2.45) is 0 Å². The Kier molecular flexibility index (Phi) is 5.09. The second-order valence-electron chi connectivity index (χ2n) is 4.85. The minimum atomic E-state index is -1.18. The molecule has 0 radical (unpaired) electrons. The maximum Gasteiger partial charge on any atom is 0.404 e. The first-order valence-corrected chi connectivity index (χ1v) is 6.77. The van der Waals surface area contributed by atoms with Crippen molar-refractivity contribution < 1.29 is 34.2 Å². The molecular weight excluding hydrogens is 322 g/mol. The van der Waals surface area contributed by atoms with Crippen molar-refractivity contribution in [2.45, 2.75) is 13.0 Å². The van der Waals surface area contributed by atoms with Gasteiger partial charge in [0.1, 0.15) is 18.1 Å². The SMILES string of the molecule is C[C@@H](COc1cc(C(=O)Nc2cc(O)ccc2O)on1)NC(=O)O. The Hall–Kier alpha value is -3.43. The first kappa shape index (κ1) is 16.9. The summed E-state index contributed by atoms with van der Waals surface area (Å²) in [4.78, 5) is 22.4. The van der Waals surface area contributed by atoms with E-state index in [9.17, 15) is 19.8 Å². The number of hydrogen-bond donors (Lipinski definition) is 5. The van der Waals surface area contributed by atoms with Crippen molar-refractivity contribution in [1.82, 2.24) is 10.5 Å². The first-order chi connectivity index (χ1) is 11.3. The summed E-state index contributed by atoms with van der Waals surface area (Å²) in [6, 6.07) is 4.37. The molecule has 2 amide bonds. The normalized spacial score (nSPS) is 11.5. The van der Waals surface area contributed by atoms with Crippen molar-refractivity contribution in [3.05, 3.63) is 30.0 Å². The molecule has 2 aromatic rings. The number of phenols is 2. The number of ether oxygens (including phenoxy) is 1. The standard InChI is InChI=1S/C14H15N3O7/c1-7(15-14(21)22)6-23-12-5-11(24-17-12)13(20)16-9-4-8(18)2-3-10(9)19/h2-5,7,15,18-19H,6H2,1H3,(H,16,20)(H,21,22)/t7-/m0/s1. The van der Waals surface area contributed by atoms with Crippen LogP contribution in [0, 0.1) is 0 Å². The Labute approximate surface area is 135 Å². The Morgan fingerprint density at radius 2 is 2.08 bits per heavy atom. The topological polar surface area (TPSA) is 154 Å². The third kappa shape index (κ3) is 4.53. The van der Waals surface area contributed by atoms with Crippen LogP contribution < -0.4 is 15.4 Å². The van der Waals surface area contributed by atoms with Gasteiger partial charge in [-0.05, 0) is 24.2 Å². The molecule has 24 heavy (non-hydrogen) atoms. The molecule has 0 fully saturated rings. The van der Waals surface area contributed by atoms with Gasteiger partial charge in [-0.1, -0.05) is 0 Å². The fraction of sp³-hybridized carbons (Fsp3) is 0.214. The second kappa shape index (κ2) is 7.22. The summed E-state index contributed by atoms with van der Waals surface area (Å²) in [6.45, 7) is 1.58. The fourth-order valence-electron chi connectivity index (χ4n) is 1.70. The highest BCUT2D eigenvalue weighted by atomic mass is 16.5. The van der Waals surface area contributed by atoms with Crippen LogP contribution in [0.2, 0.25) is 0 Å². The number of aromatic nitrogens is 1. The lowest BCUT2D eigenvalue weighted by atomic mass is 10.2. The molecule has 0 aliphatic rings. The molecule has 10 heteroatoms. The van der Waals surface area contributed by atoms with Gasteiger partial charge >= 0.3 is 6.09 Å². The quantitative estimate of drug-likeness (QED) is 0.391. The molecule has 1 heterocycles. The number of rotatable bonds is 6. The Morgan fingerprint density at radius 3 is 2.79 bits per heavy atom. The van der Waals surface area contributed by atoms with Crippen LogP contribution >= 0.6 is 0 Å². The van der Waals surface area contributed by atoms with Gasteiger partial charge in [0.2, 0.25) is 5.76 Å². The van der Waals surface area contributed by atoms with Crippen molar-refractivity contribution >= 4 is 17.7 Å². The second-order valence-corrected chi connectivity index (χ2v) is 4.85. The number of benzene rings is 1. The third-order valence-electron chi connectivity index (χ3n) is 2.79. The largest absolute Gasteiger partial charge is 0.508 e. The number of carbonyl (C=O) groups is 2. The fourth-order valence-corrected chi connectivity index (χ4v) is 1.70. The predicted molar refractivity (Wildman–Crippen MR) is 80.3 cm³/mol. The molecule has 0 saturated heterocycles. The number of carboxylic acid groups (broad SMARTS) is 1. The minimum absolute atomic E-state index is 0.000630. The maximum atomic E-state index is 12.0. The lowest BCUT2D eigenvalue weighted by Crippen LogP contribution is -2.35. The first-order valence-electron chi connectivity index (χ1n) is 6.77. The van der Waals surface area contributed by atoms with Gasteiger partial charge in [-0.25, -0.2) is 4.79 Å². The van der Waals surface area contributed by atoms with Gasteiger partial charge in [0.25, 0.3) is 11.8 Å². The summed E-state index contributed by atoms with van der Waals surface area (Å²) in [5.74, 6) is -1.27. The highest BCUT2D eigenvalue weighted by Gasteiger charge is 2.16. The van der Waals surface area contributed by atoms with E-state index in [1.54, 1.807) is 6.92 Å². The van der Waals surface area contributed by atoms with E-state index in [1.807, 2.05) is 0 Å². The molecule has 1 aromatic heterocycles. The van der Waals surface area contributed by atoms with Crippen LogP contribution in [0.3, 0.4) is 0 Å². The molecule has 0 unspecified atom stereocenters. The van der Waals surface area contributed by atoms with Crippen LogP contribution in [0.1, 0.15) is 17.5 Å². The molecule has 10 nitrogen and oxygen atoms in total. The number of aromatic hydroxyl groups is 2. The minimum Gasteiger partial charge on any atom is -0.508 e. The van der Waals surface area contributed by atoms with Crippen molar-refractivity contribution in [2.75, 3.05) is 11.9 Å². The summed E-state index contributed by atoms with van der Waals surface area (Å²) in [5, 5.41) is 35.6. The highest BCUT2D eigenvalue weighted by molar-refractivity contribution is 6.03. The highest BCUT2D eigenvalue weighted by Crippen LogP contribution is 2.27. The van der Waals surface area contributed by atoms with Crippen LogP contribution in [0.4, 0.5) is 10.5 Å². The number of carbonyl (C=O) groups excluding carboxylic acids is 1. The summed E-state index contributed by atoms with van der Waals surface area (Å²) >= 11 is 0. The molecule has 0 spiro atoms. The molecule has 0 saturated carbocycles. The number of anilines is 1. The molecule has 0 aliphatic heterocycles. The van der Waals surface area contributed by atoms with Crippen molar-refractivity contribution in [1.29, 1.82) is 0 Å². The smallest absolute Gasteiger partial charge is 0.404 e. The van der Waals surface area contributed by atoms with E-state index in [1.165, 1.54) is 24.3 Å². The van der Waals surface area contributed by atoms with Crippen molar-refractivity contribution in [3.8, 4) is 17.4 Å². The number of phenolic OH excluding ortho intramolecular Hbond substituents is 2.